The number of hydrogen-bond acceptors (Lipinski definition) is 7. The van der Waals surface area contributed by atoms with Crippen LogP contribution < -0.4 is 14.8 Å². The van der Waals surface area contributed by atoms with Crippen molar-refractivity contribution in [1.82, 2.24) is 20.1 Å². The Morgan fingerprint density at radius 2 is 2.11 bits per heavy atom. The van der Waals surface area contributed by atoms with Gasteiger partial charge in [-0.1, -0.05) is 23.9 Å². The van der Waals surface area contributed by atoms with Gasteiger partial charge in [0.15, 0.2) is 28.6 Å². The average Bonchev–Trinajstić information content (AvgIpc) is 3.36. The number of para-hydroxylation sites is 2. The van der Waals surface area contributed by atoms with Gasteiger partial charge in [-0.25, -0.2) is 0 Å². The Morgan fingerprint density at radius 3 is 2.89 bits per heavy atom. The highest BCUT2D eigenvalue weighted by Crippen LogP contribution is 2.36. The van der Waals surface area contributed by atoms with Crippen molar-refractivity contribution in [2.45, 2.75) is 30.0 Å². The third kappa shape index (κ3) is 3.84. The molecule has 1 aliphatic heterocycles. The second-order valence-electron chi connectivity index (χ2n) is 6.32. The summed E-state index contributed by atoms with van der Waals surface area (Å²) in [6.45, 7) is 2.53. The highest BCUT2D eigenvalue weighted by Gasteiger charge is 2.28. The van der Waals surface area contributed by atoms with E-state index in [9.17, 15) is 4.79 Å². The number of nitrogens with one attached hydrogen (secondary N) is 1. The third-order valence-electron chi connectivity index (χ3n) is 4.33. The number of fused-ring (bicyclic) bond motifs is 1. The lowest BCUT2D eigenvalue weighted by Gasteiger charge is -2.25. The predicted octanol–water partition coefficient (Wildman–Crippen LogP) is 2.72. The molecule has 9 heteroatoms. The molecule has 0 bridgehead atoms. The zero-order valence-corrected chi connectivity index (χ0v) is 16.3. The van der Waals surface area contributed by atoms with Gasteiger partial charge in [-0.05, 0) is 31.2 Å². The van der Waals surface area contributed by atoms with E-state index in [4.69, 9.17) is 13.9 Å². The SMILES string of the molecule is C[C@H](Sc1nnc([C@H]2COc3ccccc3O2)n1C)C(=O)NCc1ccco1. The fraction of sp³-hybridized carbons (Fsp3) is 0.316. The zero-order chi connectivity index (χ0) is 19.5. The van der Waals surface area contributed by atoms with Gasteiger partial charge in [0.25, 0.3) is 0 Å². The molecule has 2 aromatic heterocycles. The Hall–Kier alpha value is -2.94. The van der Waals surface area contributed by atoms with E-state index in [2.05, 4.69) is 15.5 Å². The number of nitrogens with zero attached hydrogens (tertiary/aromatic N) is 3. The largest absolute Gasteiger partial charge is 0.485 e. The second kappa shape index (κ2) is 7.97. The van der Waals surface area contributed by atoms with Crippen LogP contribution in [0.1, 0.15) is 24.6 Å². The summed E-state index contributed by atoms with van der Waals surface area (Å²) in [7, 11) is 1.86. The number of hydrogen-bond donors (Lipinski definition) is 1. The van der Waals surface area contributed by atoms with Crippen LogP contribution in [-0.4, -0.2) is 32.5 Å². The maximum Gasteiger partial charge on any atom is 0.233 e. The molecule has 1 amide bonds. The van der Waals surface area contributed by atoms with Crippen LogP contribution in [0.5, 0.6) is 11.5 Å². The molecule has 0 aliphatic carbocycles. The molecule has 3 heterocycles. The molecule has 0 saturated carbocycles. The van der Waals surface area contributed by atoms with Gasteiger partial charge in [-0.2, -0.15) is 0 Å². The summed E-state index contributed by atoms with van der Waals surface area (Å²) in [5.74, 6) is 2.66. The van der Waals surface area contributed by atoms with Gasteiger partial charge in [-0.3, -0.25) is 4.79 Å². The number of aromatic nitrogens is 3. The van der Waals surface area contributed by atoms with Crippen molar-refractivity contribution in [2.75, 3.05) is 6.61 Å². The lowest BCUT2D eigenvalue weighted by molar-refractivity contribution is -0.120. The smallest absolute Gasteiger partial charge is 0.233 e. The number of furan rings is 1. The first-order valence-corrected chi connectivity index (χ1v) is 9.74. The first-order valence-electron chi connectivity index (χ1n) is 8.86. The molecule has 28 heavy (non-hydrogen) atoms. The summed E-state index contributed by atoms with van der Waals surface area (Å²) in [4.78, 5) is 12.3. The number of benzene rings is 1. The number of amides is 1. The van der Waals surface area contributed by atoms with Gasteiger partial charge in [-0.15, -0.1) is 10.2 Å². The van der Waals surface area contributed by atoms with E-state index in [1.165, 1.54) is 11.8 Å². The molecule has 0 fully saturated rings. The minimum Gasteiger partial charge on any atom is -0.485 e. The maximum absolute atomic E-state index is 12.3. The molecule has 3 aromatic rings. The highest BCUT2D eigenvalue weighted by molar-refractivity contribution is 8.00. The van der Waals surface area contributed by atoms with E-state index in [1.807, 2.05) is 48.9 Å². The van der Waals surface area contributed by atoms with Crippen molar-refractivity contribution in [3.63, 3.8) is 0 Å². The Balaban J connectivity index is 1.39. The molecule has 1 N–H and O–H groups in total. The van der Waals surface area contributed by atoms with Crippen molar-refractivity contribution >= 4 is 17.7 Å². The Bertz CT molecular complexity index is 957. The molecule has 146 valence electrons. The Labute approximate surface area is 166 Å². The molecule has 2 atom stereocenters. The minimum absolute atomic E-state index is 0.0999. The quantitative estimate of drug-likeness (QED) is 0.636. The summed E-state index contributed by atoms with van der Waals surface area (Å²) in [5, 5.41) is 11.6. The van der Waals surface area contributed by atoms with Gasteiger partial charge in [0.2, 0.25) is 5.91 Å². The van der Waals surface area contributed by atoms with Crippen LogP contribution in [0.3, 0.4) is 0 Å². The fourth-order valence-corrected chi connectivity index (χ4v) is 3.64. The summed E-state index contributed by atoms with van der Waals surface area (Å²) < 4.78 is 18.8. The van der Waals surface area contributed by atoms with E-state index in [0.29, 0.717) is 35.6 Å². The van der Waals surface area contributed by atoms with Crippen LogP contribution in [0.15, 0.2) is 52.2 Å². The summed E-state index contributed by atoms with van der Waals surface area (Å²) >= 11 is 1.34. The van der Waals surface area contributed by atoms with Crippen LogP contribution in [0, 0.1) is 0 Å². The second-order valence-corrected chi connectivity index (χ2v) is 7.63. The number of ether oxygens (including phenoxy) is 2. The monoisotopic (exact) mass is 400 g/mol. The molecule has 8 nitrogen and oxygen atoms in total. The van der Waals surface area contributed by atoms with Gasteiger partial charge < -0.3 is 23.8 Å². The van der Waals surface area contributed by atoms with Crippen molar-refractivity contribution in [3.05, 3.63) is 54.2 Å². The molecule has 0 spiro atoms. The summed E-state index contributed by atoms with van der Waals surface area (Å²) in [5.41, 5.74) is 0. The van der Waals surface area contributed by atoms with Crippen LogP contribution >= 0.6 is 11.8 Å². The van der Waals surface area contributed by atoms with E-state index in [0.717, 1.165) is 5.75 Å². The number of thioether (sulfide) groups is 1. The van der Waals surface area contributed by atoms with Gasteiger partial charge in [0.05, 0.1) is 18.1 Å². The number of carbonyl (C=O) groups is 1. The average molecular weight is 400 g/mol. The Morgan fingerprint density at radius 1 is 1.29 bits per heavy atom. The first kappa shape index (κ1) is 18.4. The molecule has 0 unspecified atom stereocenters. The molecule has 1 aliphatic rings. The van der Waals surface area contributed by atoms with Crippen LogP contribution in [-0.2, 0) is 18.4 Å². The van der Waals surface area contributed by atoms with E-state index in [-0.39, 0.29) is 17.3 Å². The summed E-state index contributed by atoms with van der Waals surface area (Å²) in [6, 6.07) is 11.1. The molecule has 0 radical (unpaired) electrons. The lowest BCUT2D eigenvalue weighted by Crippen LogP contribution is -2.30. The van der Waals surface area contributed by atoms with E-state index >= 15 is 0 Å². The fourth-order valence-electron chi connectivity index (χ4n) is 2.80. The van der Waals surface area contributed by atoms with Crippen molar-refractivity contribution in [3.8, 4) is 11.5 Å². The predicted molar refractivity (Wildman–Crippen MR) is 102 cm³/mol. The standard InChI is InChI=1S/C19H20N4O4S/c1-12(18(24)20-10-13-6-5-9-25-13)28-19-22-21-17(23(19)2)16-11-26-14-7-3-4-8-15(14)27-16/h3-9,12,16H,10-11H2,1-2H3,(H,20,24)/t12-,16+/m0/s1. The van der Waals surface area contributed by atoms with Crippen LogP contribution in [0.4, 0.5) is 0 Å². The summed E-state index contributed by atoms with van der Waals surface area (Å²) in [6.07, 6.45) is 1.22. The van der Waals surface area contributed by atoms with Crippen molar-refractivity contribution < 1.29 is 18.7 Å². The highest BCUT2D eigenvalue weighted by atomic mass is 32.2. The molecular formula is C19H20N4O4S. The molecular weight excluding hydrogens is 380 g/mol. The zero-order valence-electron chi connectivity index (χ0n) is 15.5. The van der Waals surface area contributed by atoms with E-state index in [1.54, 1.807) is 12.3 Å². The van der Waals surface area contributed by atoms with Crippen molar-refractivity contribution in [1.29, 1.82) is 0 Å². The maximum atomic E-state index is 12.3. The van der Waals surface area contributed by atoms with Gasteiger partial charge in [0, 0.05) is 7.05 Å². The number of carbonyl (C=O) groups excluding carboxylic acids is 1. The molecule has 0 saturated heterocycles. The normalized spacial score (nSPS) is 16.6. The van der Waals surface area contributed by atoms with Crippen LogP contribution in [0.25, 0.3) is 0 Å². The Kier molecular flexibility index (Phi) is 5.25. The molecule has 1 aromatic carbocycles. The third-order valence-corrected chi connectivity index (χ3v) is 5.47. The number of rotatable bonds is 6. The first-order chi connectivity index (χ1) is 13.6. The van der Waals surface area contributed by atoms with Gasteiger partial charge in [0.1, 0.15) is 12.4 Å². The van der Waals surface area contributed by atoms with E-state index < -0.39 is 0 Å². The van der Waals surface area contributed by atoms with Gasteiger partial charge >= 0.3 is 0 Å². The lowest BCUT2D eigenvalue weighted by atomic mass is 10.2. The minimum atomic E-state index is -0.357. The topological polar surface area (TPSA) is 91.4 Å². The van der Waals surface area contributed by atoms with Crippen molar-refractivity contribution in [2.24, 2.45) is 7.05 Å². The molecule has 4 rings (SSSR count). The van der Waals surface area contributed by atoms with Crippen LogP contribution in [0.2, 0.25) is 0 Å².